The standard InChI is InChI=1S/C12H11F2NO4/c1-2-6-9(5(13)3-8(17)15-6)12-10(14)11(18)7(4-16)19-12/h1,3,7,10-12,16,18H,4H2,(H,15,17)/t7-,10+,11?,12+/m1/s1. The van der Waals surface area contributed by atoms with Crippen LogP contribution >= 0.6 is 0 Å². The molecule has 3 N–H and O–H groups in total. The SMILES string of the molecule is C#Cc1[nH]c(=O)cc(F)c1[C@@H]1O[C@H](CO)C(O)[C@@H]1F. The van der Waals surface area contributed by atoms with Crippen molar-refractivity contribution in [3.8, 4) is 12.3 Å². The summed E-state index contributed by atoms with van der Waals surface area (Å²) in [6.45, 7) is -0.617. The molecule has 2 rings (SSSR count). The molecule has 1 saturated heterocycles. The molecule has 0 radical (unpaired) electrons. The van der Waals surface area contributed by atoms with Gasteiger partial charge in [0, 0.05) is 6.07 Å². The van der Waals surface area contributed by atoms with E-state index in [1.54, 1.807) is 0 Å². The normalized spacial score (nSPS) is 30.3. The van der Waals surface area contributed by atoms with E-state index >= 15 is 0 Å². The molecule has 5 nitrogen and oxygen atoms in total. The Hall–Kier alpha value is -1.75. The lowest BCUT2D eigenvalue weighted by atomic mass is 10.0. The fraction of sp³-hybridized carbons (Fsp3) is 0.417. The molecule has 0 aliphatic carbocycles. The van der Waals surface area contributed by atoms with Crippen molar-refractivity contribution in [1.29, 1.82) is 0 Å². The lowest BCUT2D eigenvalue weighted by molar-refractivity contribution is -0.0236. The van der Waals surface area contributed by atoms with Gasteiger partial charge >= 0.3 is 0 Å². The van der Waals surface area contributed by atoms with Crippen LogP contribution in [0.2, 0.25) is 0 Å². The number of nitrogens with one attached hydrogen (secondary N) is 1. The highest BCUT2D eigenvalue weighted by Crippen LogP contribution is 2.37. The first-order valence-electron chi connectivity index (χ1n) is 5.47. The number of aromatic amines is 1. The number of ether oxygens (including phenoxy) is 1. The number of halogens is 2. The van der Waals surface area contributed by atoms with Crippen molar-refractivity contribution in [1.82, 2.24) is 4.98 Å². The molecule has 4 atom stereocenters. The second-order valence-corrected chi connectivity index (χ2v) is 4.13. The van der Waals surface area contributed by atoms with Gasteiger partial charge in [-0.1, -0.05) is 5.92 Å². The summed E-state index contributed by atoms with van der Waals surface area (Å²) in [5.41, 5.74) is -1.35. The third-order valence-electron chi connectivity index (χ3n) is 2.96. The Morgan fingerprint density at radius 3 is 2.79 bits per heavy atom. The van der Waals surface area contributed by atoms with Crippen LogP contribution in [0, 0.1) is 18.2 Å². The average Bonchev–Trinajstić information content (AvgIpc) is 2.65. The maximum atomic E-state index is 13.9. The molecule has 0 spiro atoms. The summed E-state index contributed by atoms with van der Waals surface area (Å²) in [5.74, 6) is 1.02. The average molecular weight is 271 g/mol. The molecule has 1 aromatic rings. The zero-order chi connectivity index (χ0) is 14.2. The molecule has 7 heteroatoms. The molecular weight excluding hydrogens is 260 g/mol. The van der Waals surface area contributed by atoms with Gasteiger partial charge in [0.2, 0.25) is 0 Å². The van der Waals surface area contributed by atoms with Crippen LogP contribution in [-0.2, 0) is 4.74 Å². The first-order chi connectivity index (χ1) is 8.99. The van der Waals surface area contributed by atoms with Gasteiger partial charge in [-0.3, -0.25) is 4.79 Å². The first kappa shape index (κ1) is 13.7. The molecule has 0 amide bonds. The molecule has 2 heterocycles. The predicted octanol–water partition coefficient (Wildman–Crippen LogP) is -0.374. The third-order valence-corrected chi connectivity index (χ3v) is 2.96. The van der Waals surface area contributed by atoms with Crippen molar-refractivity contribution >= 4 is 0 Å². The van der Waals surface area contributed by atoms with Crippen LogP contribution in [0.1, 0.15) is 17.4 Å². The highest BCUT2D eigenvalue weighted by molar-refractivity contribution is 5.37. The Morgan fingerprint density at radius 2 is 2.26 bits per heavy atom. The molecule has 102 valence electrons. The Morgan fingerprint density at radius 1 is 1.58 bits per heavy atom. The van der Waals surface area contributed by atoms with Crippen LogP contribution in [0.3, 0.4) is 0 Å². The lowest BCUT2D eigenvalue weighted by Crippen LogP contribution is -2.30. The number of aromatic nitrogens is 1. The van der Waals surface area contributed by atoms with Gasteiger partial charge in [-0.25, -0.2) is 8.78 Å². The van der Waals surface area contributed by atoms with Crippen molar-refractivity contribution in [3.63, 3.8) is 0 Å². The van der Waals surface area contributed by atoms with E-state index in [9.17, 15) is 18.7 Å². The molecule has 1 aliphatic heterocycles. The Kier molecular flexibility index (Phi) is 3.66. The fourth-order valence-corrected chi connectivity index (χ4v) is 2.04. The summed E-state index contributed by atoms with van der Waals surface area (Å²) < 4.78 is 32.7. The number of aliphatic hydroxyl groups excluding tert-OH is 2. The molecule has 1 aromatic heterocycles. The Bertz CT molecular complexity index is 580. The van der Waals surface area contributed by atoms with E-state index in [4.69, 9.17) is 16.3 Å². The van der Waals surface area contributed by atoms with Gasteiger partial charge in [0.15, 0.2) is 6.17 Å². The zero-order valence-corrected chi connectivity index (χ0v) is 9.64. The van der Waals surface area contributed by atoms with Gasteiger partial charge in [0.05, 0.1) is 12.2 Å². The first-order valence-corrected chi connectivity index (χ1v) is 5.47. The van der Waals surface area contributed by atoms with Gasteiger partial charge < -0.3 is 19.9 Å². The predicted molar refractivity (Wildman–Crippen MR) is 60.6 cm³/mol. The summed E-state index contributed by atoms with van der Waals surface area (Å²) in [4.78, 5) is 13.3. The molecule has 0 saturated carbocycles. The highest BCUT2D eigenvalue weighted by atomic mass is 19.1. The van der Waals surface area contributed by atoms with E-state index < -0.39 is 42.5 Å². The topological polar surface area (TPSA) is 82.6 Å². The molecule has 19 heavy (non-hydrogen) atoms. The van der Waals surface area contributed by atoms with Crippen LogP contribution < -0.4 is 5.56 Å². The summed E-state index contributed by atoms with van der Waals surface area (Å²) >= 11 is 0. The van der Waals surface area contributed by atoms with Crippen LogP contribution in [0.15, 0.2) is 10.9 Å². The second-order valence-electron chi connectivity index (χ2n) is 4.13. The fourth-order valence-electron chi connectivity index (χ4n) is 2.04. The molecule has 0 aromatic carbocycles. The minimum atomic E-state index is -1.95. The smallest absolute Gasteiger partial charge is 0.251 e. The van der Waals surface area contributed by atoms with E-state index in [-0.39, 0.29) is 11.3 Å². The van der Waals surface area contributed by atoms with Gasteiger partial charge in [-0.2, -0.15) is 0 Å². The lowest BCUT2D eigenvalue weighted by Gasteiger charge is -2.15. The van der Waals surface area contributed by atoms with E-state index in [0.29, 0.717) is 6.07 Å². The summed E-state index contributed by atoms with van der Waals surface area (Å²) in [6.07, 6.45) is -1.06. The summed E-state index contributed by atoms with van der Waals surface area (Å²) in [5, 5.41) is 18.4. The van der Waals surface area contributed by atoms with Crippen LogP contribution in [-0.4, -0.2) is 40.2 Å². The maximum Gasteiger partial charge on any atom is 0.251 e. The number of hydrogen-bond acceptors (Lipinski definition) is 4. The zero-order valence-electron chi connectivity index (χ0n) is 9.64. The summed E-state index contributed by atoms with van der Waals surface area (Å²) in [6, 6.07) is 0.616. The molecule has 1 aliphatic rings. The van der Waals surface area contributed by atoms with E-state index in [1.165, 1.54) is 0 Å². The number of terminal acetylenes is 1. The second kappa shape index (κ2) is 5.09. The minimum Gasteiger partial charge on any atom is -0.394 e. The van der Waals surface area contributed by atoms with Crippen molar-refractivity contribution in [2.24, 2.45) is 0 Å². The molecular formula is C12H11F2NO4. The monoisotopic (exact) mass is 271 g/mol. The van der Waals surface area contributed by atoms with Crippen molar-refractivity contribution in [2.45, 2.75) is 24.5 Å². The van der Waals surface area contributed by atoms with E-state index in [1.807, 2.05) is 5.92 Å². The number of aliphatic hydroxyl groups is 2. The number of H-pyrrole nitrogens is 1. The van der Waals surface area contributed by atoms with Crippen LogP contribution in [0.25, 0.3) is 0 Å². The van der Waals surface area contributed by atoms with Crippen LogP contribution in [0.4, 0.5) is 8.78 Å². The van der Waals surface area contributed by atoms with Gasteiger partial charge in [-0.15, -0.1) is 6.42 Å². The Labute approximate surface area is 106 Å². The van der Waals surface area contributed by atoms with Gasteiger partial charge in [0.25, 0.3) is 5.56 Å². The number of pyridine rings is 1. The Balaban J connectivity index is 2.49. The summed E-state index contributed by atoms with van der Waals surface area (Å²) in [7, 11) is 0. The van der Waals surface area contributed by atoms with Gasteiger partial charge in [-0.05, 0) is 0 Å². The van der Waals surface area contributed by atoms with E-state index in [0.717, 1.165) is 0 Å². The highest BCUT2D eigenvalue weighted by Gasteiger charge is 2.46. The quantitative estimate of drug-likeness (QED) is 0.641. The maximum absolute atomic E-state index is 13.9. The van der Waals surface area contributed by atoms with Crippen molar-refractivity contribution < 1.29 is 23.7 Å². The number of alkyl halides is 1. The van der Waals surface area contributed by atoms with Gasteiger partial charge in [0.1, 0.15) is 29.8 Å². The molecule has 1 unspecified atom stereocenters. The van der Waals surface area contributed by atoms with Crippen molar-refractivity contribution in [3.05, 3.63) is 33.5 Å². The minimum absolute atomic E-state index is 0.247. The molecule has 1 fully saturated rings. The third kappa shape index (κ3) is 2.26. The largest absolute Gasteiger partial charge is 0.394 e. The number of rotatable bonds is 2. The van der Waals surface area contributed by atoms with Crippen LogP contribution in [0.5, 0.6) is 0 Å². The molecule has 0 bridgehead atoms. The van der Waals surface area contributed by atoms with Crippen molar-refractivity contribution in [2.75, 3.05) is 6.61 Å². The van der Waals surface area contributed by atoms with E-state index in [2.05, 4.69) is 4.98 Å². The number of hydrogen-bond donors (Lipinski definition) is 3.